The van der Waals surface area contributed by atoms with Gasteiger partial charge < -0.3 is 14.3 Å². The van der Waals surface area contributed by atoms with Crippen LogP contribution in [-0.2, 0) is 20.2 Å². The third-order valence-corrected chi connectivity index (χ3v) is 6.51. The number of hydrogen-bond acceptors (Lipinski definition) is 8. The van der Waals surface area contributed by atoms with Crippen LogP contribution in [0.1, 0.15) is 18.5 Å². The maximum Gasteiger partial charge on any atom is 0.264 e. The van der Waals surface area contributed by atoms with Gasteiger partial charge >= 0.3 is 0 Å². The molecule has 0 bridgehead atoms. The molecule has 0 saturated heterocycles. The van der Waals surface area contributed by atoms with E-state index < -0.39 is 15.4 Å². The number of anilines is 2. The van der Waals surface area contributed by atoms with Gasteiger partial charge in [-0.2, -0.15) is 0 Å². The smallest absolute Gasteiger partial charge is 0.264 e. The molecule has 32 heavy (non-hydrogen) atoms. The summed E-state index contributed by atoms with van der Waals surface area (Å²) < 4.78 is 37.9. The molecule has 3 aromatic heterocycles. The third-order valence-electron chi connectivity index (χ3n) is 5.16. The van der Waals surface area contributed by atoms with Crippen LogP contribution in [0.15, 0.2) is 81.0 Å². The molecule has 0 unspecified atom stereocenters. The van der Waals surface area contributed by atoms with Crippen LogP contribution in [0.5, 0.6) is 0 Å². The Labute approximate surface area is 182 Å². The molecule has 0 spiro atoms. The topological polar surface area (TPSA) is 140 Å². The molecule has 4 aromatic rings. The van der Waals surface area contributed by atoms with E-state index >= 15 is 0 Å². The summed E-state index contributed by atoms with van der Waals surface area (Å²) in [7, 11) is -3.86. The van der Waals surface area contributed by atoms with E-state index in [2.05, 4.69) is 25.2 Å². The van der Waals surface area contributed by atoms with E-state index in [-0.39, 0.29) is 16.8 Å². The quantitative estimate of drug-likeness (QED) is 0.436. The molecule has 5 rings (SSSR count). The van der Waals surface area contributed by atoms with Crippen LogP contribution in [-0.4, -0.2) is 29.4 Å². The zero-order valence-electron chi connectivity index (χ0n) is 16.6. The largest absolute Gasteiger partial charge is 0.461 e. The number of sulfonamides is 1. The van der Waals surface area contributed by atoms with Crippen LogP contribution in [0.2, 0.25) is 0 Å². The van der Waals surface area contributed by atoms with Crippen molar-refractivity contribution in [3.05, 3.63) is 72.9 Å². The Hall–Kier alpha value is -3.99. The maximum atomic E-state index is 13.0. The van der Waals surface area contributed by atoms with Crippen LogP contribution in [0.4, 0.5) is 11.6 Å². The first-order chi connectivity index (χ1) is 15.5. The molecule has 2 N–H and O–H groups in total. The van der Waals surface area contributed by atoms with Gasteiger partial charge in [-0.3, -0.25) is 4.79 Å². The average molecular weight is 451 g/mol. The van der Waals surface area contributed by atoms with E-state index in [9.17, 15) is 13.2 Å². The molecule has 1 fully saturated rings. The number of benzene rings is 1. The highest BCUT2D eigenvalue weighted by Gasteiger charge is 2.54. The van der Waals surface area contributed by atoms with E-state index in [0.29, 0.717) is 35.7 Å². The summed E-state index contributed by atoms with van der Waals surface area (Å²) in [6, 6.07) is 12.6. The van der Waals surface area contributed by atoms with Gasteiger partial charge in [0.2, 0.25) is 17.6 Å². The maximum absolute atomic E-state index is 13.0. The summed E-state index contributed by atoms with van der Waals surface area (Å²) in [6.45, 7) is 0. The number of aromatic nitrogens is 3. The molecule has 0 aliphatic heterocycles. The lowest BCUT2D eigenvalue weighted by molar-refractivity contribution is -0.118. The lowest BCUT2D eigenvalue weighted by Crippen LogP contribution is -2.28. The highest BCUT2D eigenvalue weighted by molar-refractivity contribution is 7.92. The van der Waals surface area contributed by atoms with E-state index in [0.717, 1.165) is 0 Å². The second-order valence-electron chi connectivity index (χ2n) is 7.29. The normalized spacial score (nSPS) is 14.6. The van der Waals surface area contributed by atoms with Gasteiger partial charge in [-0.25, -0.2) is 23.1 Å². The van der Waals surface area contributed by atoms with Gasteiger partial charge in [0.25, 0.3) is 10.0 Å². The number of nitrogens with one attached hydrogen (secondary N) is 2. The summed E-state index contributed by atoms with van der Waals surface area (Å²) in [6.07, 6.45) is 5.67. The first-order valence-corrected chi connectivity index (χ1v) is 11.2. The molecular formula is C21H17N5O5S. The minimum atomic E-state index is -3.86. The second kappa shape index (κ2) is 7.61. The highest BCUT2D eigenvalue weighted by Crippen LogP contribution is 2.49. The molecule has 1 aliphatic rings. The Morgan fingerprint density at radius 3 is 2.41 bits per heavy atom. The minimum absolute atomic E-state index is 0.0173. The van der Waals surface area contributed by atoms with Crippen molar-refractivity contribution in [1.29, 1.82) is 0 Å². The van der Waals surface area contributed by atoms with Gasteiger partial charge in [-0.15, -0.1) is 0 Å². The Kier molecular flexibility index (Phi) is 4.74. The van der Waals surface area contributed by atoms with Gasteiger partial charge in [-0.1, -0.05) is 5.16 Å². The van der Waals surface area contributed by atoms with Gasteiger partial charge in [-0.05, 0) is 55.3 Å². The van der Waals surface area contributed by atoms with Crippen LogP contribution in [0, 0.1) is 0 Å². The molecule has 11 heteroatoms. The van der Waals surface area contributed by atoms with Crippen molar-refractivity contribution in [1.82, 2.24) is 15.1 Å². The Bertz CT molecular complexity index is 1350. The fourth-order valence-electron chi connectivity index (χ4n) is 3.26. The van der Waals surface area contributed by atoms with Crippen LogP contribution >= 0.6 is 0 Å². The number of amides is 1. The summed E-state index contributed by atoms with van der Waals surface area (Å²) in [5, 5.41) is 6.89. The van der Waals surface area contributed by atoms with Crippen LogP contribution < -0.4 is 10.0 Å². The Balaban J connectivity index is 1.29. The van der Waals surface area contributed by atoms with Crippen molar-refractivity contribution in [2.45, 2.75) is 23.2 Å². The molecule has 0 atom stereocenters. The van der Waals surface area contributed by atoms with E-state index in [1.807, 2.05) is 0 Å². The molecule has 1 saturated carbocycles. The standard InChI is InChI=1S/C21H17N5O5S/c27-19(21(8-9-21)18-13-17(31-25-18)16-3-1-12-30-16)24-14-4-6-15(7-5-14)32(28,29)26-20-22-10-2-11-23-20/h1-7,10-13H,8-9H2,(H,24,27)(H,22,23,26). The SMILES string of the molecule is O=C(Nc1ccc(S(=O)(=O)Nc2ncccn2)cc1)C1(c2cc(-c3ccco3)on2)CC1. The number of rotatable bonds is 7. The van der Waals surface area contributed by atoms with E-state index in [4.69, 9.17) is 8.94 Å². The summed E-state index contributed by atoms with van der Waals surface area (Å²) in [5.41, 5.74) is 0.226. The van der Waals surface area contributed by atoms with E-state index in [1.165, 1.54) is 42.9 Å². The number of carbonyl (C=O) groups is 1. The fraction of sp³-hybridized carbons (Fsp3) is 0.143. The lowest BCUT2D eigenvalue weighted by Gasteiger charge is -2.13. The lowest BCUT2D eigenvalue weighted by atomic mass is 10.0. The summed E-state index contributed by atoms with van der Waals surface area (Å²) in [5.74, 6) is 0.727. The molecule has 1 aliphatic carbocycles. The van der Waals surface area contributed by atoms with E-state index in [1.54, 1.807) is 24.3 Å². The summed E-state index contributed by atoms with van der Waals surface area (Å²) >= 11 is 0. The zero-order valence-corrected chi connectivity index (χ0v) is 17.4. The van der Waals surface area contributed by atoms with Crippen molar-refractivity contribution >= 4 is 27.6 Å². The molecule has 1 amide bonds. The third kappa shape index (κ3) is 3.73. The van der Waals surface area contributed by atoms with Crippen molar-refractivity contribution in [3.63, 3.8) is 0 Å². The number of carbonyl (C=O) groups excluding carboxylic acids is 1. The second-order valence-corrected chi connectivity index (χ2v) is 8.97. The monoisotopic (exact) mass is 451 g/mol. The fourth-order valence-corrected chi connectivity index (χ4v) is 4.22. The van der Waals surface area contributed by atoms with Crippen LogP contribution in [0.25, 0.3) is 11.5 Å². The van der Waals surface area contributed by atoms with Gasteiger partial charge in [0.1, 0.15) is 0 Å². The number of furan rings is 1. The molecule has 3 heterocycles. The van der Waals surface area contributed by atoms with Crippen molar-refractivity contribution in [3.8, 4) is 11.5 Å². The number of nitrogens with zero attached hydrogens (tertiary/aromatic N) is 3. The molecule has 10 nitrogen and oxygen atoms in total. The number of hydrogen-bond donors (Lipinski definition) is 2. The zero-order chi connectivity index (χ0) is 22.2. The van der Waals surface area contributed by atoms with Gasteiger partial charge in [0.05, 0.1) is 22.3 Å². The molecule has 0 radical (unpaired) electrons. The van der Waals surface area contributed by atoms with Gasteiger partial charge in [0, 0.05) is 24.1 Å². The Morgan fingerprint density at radius 1 is 1.00 bits per heavy atom. The molecular weight excluding hydrogens is 434 g/mol. The summed E-state index contributed by atoms with van der Waals surface area (Å²) in [4.78, 5) is 20.7. The van der Waals surface area contributed by atoms with Crippen molar-refractivity contribution < 1.29 is 22.2 Å². The predicted molar refractivity (Wildman–Crippen MR) is 113 cm³/mol. The Morgan fingerprint density at radius 2 is 1.75 bits per heavy atom. The minimum Gasteiger partial charge on any atom is -0.461 e. The molecule has 162 valence electrons. The van der Waals surface area contributed by atoms with Crippen molar-refractivity contribution in [2.24, 2.45) is 0 Å². The predicted octanol–water partition coefficient (Wildman–Crippen LogP) is 3.20. The first kappa shape index (κ1) is 19.9. The van der Waals surface area contributed by atoms with Gasteiger partial charge in [0.15, 0.2) is 5.76 Å². The van der Waals surface area contributed by atoms with Crippen molar-refractivity contribution in [2.75, 3.05) is 10.0 Å². The first-order valence-electron chi connectivity index (χ1n) is 9.69. The molecule has 1 aromatic carbocycles. The van der Waals surface area contributed by atoms with Crippen LogP contribution in [0.3, 0.4) is 0 Å². The highest BCUT2D eigenvalue weighted by atomic mass is 32.2. The average Bonchev–Trinajstić information content (AvgIpc) is 3.19.